The van der Waals surface area contributed by atoms with Gasteiger partial charge in [-0.2, -0.15) is 0 Å². The molecule has 0 saturated carbocycles. The molecule has 2 N–H and O–H groups in total. The van der Waals surface area contributed by atoms with Crippen LogP contribution in [0.3, 0.4) is 0 Å². The van der Waals surface area contributed by atoms with E-state index in [1.807, 2.05) is 37.4 Å². The number of aliphatic imine (C=N–C) groups is 1. The van der Waals surface area contributed by atoms with Crippen molar-refractivity contribution in [3.05, 3.63) is 89.3 Å². The number of hydrogen-bond donors (Lipinski definition) is 2. The predicted molar refractivity (Wildman–Crippen MR) is 126 cm³/mol. The number of rotatable bonds is 6. The molecule has 0 spiro atoms. The Hall–Kier alpha value is -2.42. The minimum absolute atomic E-state index is 0. The van der Waals surface area contributed by atoms with Crippen LogP contribution in [0.5, 0.6) is 0 Å². The van der Waals surface area contributed by atoms with Crippen molar-refractivity contribution < 1.29 is 4.39 Å². The molecule has 154 valence electrons. The summed E-state index contributed by atoms with van der Waals surface area (Å²) in [7, 11) is 1.72. The number of aryl methyl sites for hydroxylation is 1. The molecule has 0 saturated heterocycles. The molecular formula is C22H27FIN5. The van der Waals surface area contributed by atoms with E-state index in [4.69, 9.17) is 0 Å². The minimum Gasteiger partial charge on any atom is -0.350 e. The quantitative estimate of drug-likeness (QED) is 0.295. The number of benzene rings is 2. The highest BCUT2D eigenvalue weighted by Gasteiger charge is 2.11. The molecule has 7 heteroatoms. The third kappa shape index (κ3) is 6.28. The Balaban J connectivity index is 0.00000300. The van der Waals surface area contributed by atoms with Gasteiger partial charge in [0.25, 0.3) is 0 Å². The maximum Gasteiger partial charge on any atom is 0.191 e. The Kier molecular flexibility index (Phi) is 8.63. The van der Waals surface area contributed by atoms with Crippen molar-refractivity contribution in [2.24, 2.45) is 4.99 Å². The lowest BCUT2D eigenvalue weighted by Crippen LogP contribution is -2.38. The van der Waals surface area contributed by atoms with E-state index in [1.54, 1.807) is 32.3 Å². The van der Waals surface area contributed by atoms with Gasteiger partial charge >= 0.3 is 0 Å². The summed E-state index contributed by atoms with van der Waals surface area (Å²) in [4.78, 5) is 8.72. The molecule has 1 aromatic heterocycles. The van der Waals surface area contributed by atoms with Gasteiger partial charge < -0.3 is 15.2 Å². The van der Waals surface area contributed by atoms with Crippen molar-refractivity contribution in [1.82, 2.24) is 20.2 Å². The lowest BCUT2D eigenvalue weighted by molar-refractivity contribution is 0.606. The standard InChI is InChI=1S/C22H26FN5.HI/c1-16-9-10-19(13-20(16)23)17(2)27-22(24-3)26-14-21-25-11-12-28(21)15-18-7-5-4-6-8-18;/h4-13,17H,14-15H2,1-3H3,(H2,24,26,27);1H. The zero-order valence-electron chi connectivity index (χ0n) is 16.9. The van der Waals surface area contributed by atoms with Crippen LogP contribution in [0.1, 0.15) is 35.5 Å². The fraction of sp³-hybridized carbons (Fsp3) is 0.273. The Bertz CT molecular complexity index is 939. The van der Waals surface area contributed by atoms with Gasteiger partial charge in [0, 0.05) is 26.0 Å². The van der Waals surface area contributed by atoms with E-state index in [0.717, 1.165) is 17.9 Å². The van der Waals surface area contributed by atoms with E-state index >= 15 is 0 Å². The van der Waals surface area contributed by atoms with Crippen molar-refractivity contribution >= 4 is 29.9 Å². The molecule has 0 bridgehead atoms. The second-order valence-electron chi connectivity index (χ2n) is 6.76. The second-order valence-corrected chi connectivity index (χ2v) is 6.76. The number of nitrogens with zero attached hydrogens (tertiary/aromatic N) is 3. The maximum absolute atomic E-state index is 13.8. The highest BCUT2D eigenvalue weighted by Crippen LogP contribution is 2.16. The van der Waals surface area contributed by atoms with Crippen LogP contribution in [0.2, 0.25) is 0 Å². The molecule has 29 heavy (non-hydrogen) atoms. The third-order valence-electron chi connectivity index (χ3n) is 4.68. The Morgan fingerprint density at radius 1 is 1.21 bits per heavy atom. The molecule has 5 nitrogen and oxygen atoms in total. The average molecular weight is 507 g/mol. The predicted octanol–water partition coefficient (Wildman–Crippen LogP) is 4.42. The summed E-state index contributed by atoms with van der Waals surface area (Å²) in [6.07, 6.45) is 3.77. The molecule has 1 atom stereocenters. The molecule has 0 aliphatic carbocycles. The highest BCUT2D eigenvalue weighted by molar-refractivity contribution is 14.0. The SMILES string of the molecule is CN=C(NCc1nccn1Cc1ccccc1)NC(C)c1ccc(C)c(F)c1.I. The largest absolute Gasteiger partial charge is 0.350 e. The normalized spacial score (nSPS) is 12.2. The van der Waals surface area contributed by atoms with E-state index in [-0.39, 0.29) is 35.8 Å². The van der Waals surface area contributed by atoms with Gasteiger partial charge in [-0.25, -0.2) is 9.37 Å². The van der Waals surface area contributed by atoms with Crippen LogP contribution >= 0.6 is 24.0 Å². The summed E-state index contributed by atoms with van der Waals surface area (Å²) in [5.74, 6) is 1.36. The molecule has 2 aromatic carbocycles. The van der Waals surface area contributed by atoms with Crippen LogP contribution in [0, 0.1) is 12.7 Å². The summed E-state index contributed by atoms with van der Waals surface area (Å²) in [5.41, 5.74) is 2.74. The zero-order chi connectivity index (χ0) is 19.9. The van der Waals surface area contributed by atoms with Crippen LogP contribution in [0.4, 0.5) is 4.39 Å². The van der Waals surface area contributed by atoms with Crippen molar-refractivity contribution in [2.45, 2.75) is 33.0 Å². The molecule has 3 aromatic rings. The van der Waals surface area contributed by atoms with Gasteiger partial charge in [0.1, 0.15) is 11.6 Å². The van der Waals surface area contributed by atoms with Gasteiger partial charge in [0.15, 0.2) is 5.96 Å². The fourth-order valence-corrected chi connectivity index (χ4v) is 2.96. The van der Waals surface area contributed by atoms with Crippen LogP contribution in [0.25, 0.3) is 0 Å². The maximum atomic E-state index is 13.8. The topological polar surface area (TPSA) is 54.2 Å². The first-order chi connectivity index (χ1) is 13.6. The second kappa shape index (κ2) is 10.9. The van der Waals surface area contributed by atoms with Gasteiger partial charge in [0.2, 0.25) is 0 Å². The lowest BCUT2D eigenvalue weighted by atomic mass is 10.1. The smallest absolute Gasteiger partial charge is 0.191 e. The molecule has 1 heterocycles. The van der Waals surface area contributed by atoms with Crippen LogP contribution in [0.15, 0.2) is 65.9 Å². The van der Waals surface area contributed by atoms with Gasteiger partial charge in [-0.15, -0.1) is 24.0 Å². The van der Waals surface area contributed by atoms with E-state index in [2.05, 4.69) is 37.3 Å². The van der Waals surface area contributed by atoms with Crippen molar-refractivity contribution in [1.29, 1.82) is 0 Å². The van der Waals surface area contributed by atoms with Crippen LogP contribution in [-0.4, -0.2) is 22.6 Å². The van der Waals surface area contributed by atoms with Crippen molar-refractivity contribution in [3.8, 4) is 0 Å². The first kappa shape index (κ1) is 22.9. The highest BCUT2D eigenvalue weighted by atomic mass is 127. The molecular weight excluding hydrogens is 480 g/mol. The number of hydrogen-bond acceptors (Lipinski definition) is 2. The molecule has 1 unspecified atom stereocenters. The van der Waals surface area contributed by atoms with Gasteiger partial charge in [-0.3, -0.25) is 4.99 Å². The molecule has 0 aliphatic heterocycles. The molecule has 0 amide bonds. The monoisotopic (exact) mass is 507 g/mol. The summed E-state index contributed by atoms with van der Waals surface area (Å²) >= 11 is 0. The number of halogens is 2. The minimum atomic E-state index is -0.197. The number of aromatic nitrogens is 2. The molecule has 0 aliphatic rings. The first-order valence-electron chi connectivity index (χ1n) is 9.34. The molecule has 3 rings (SSSR count). The Morgan fingerprint density at radius 2 is 1.97 bits per heavy atom. The van der Waals surface area contributed by atoms with Crippen molar-refractivity contribution in [2.75, 3.05) is 7.05 Å². The van der Waals surface area contributed by atoms with E-state index in [9.17, 15) is 4.39 Å². The van der Waals surface area contributed by atoms with E-state index < -0.39 is 0 Å². The van der Waals surface area contributed by atoms with Crippen LogP contribution < -0.4 is 10.6 Å². The third-order valence-corrected chi connectivity index (χ3v) is 4.68. The summed E-state index contributed by atoms with van der Waals surface area (Å²) in [6, 6.07) is 15.5. The van der Waals surface area contributed by atoms with Gasteiger partial charge in [-0.05, 0) is 36.6 Å². The van der Waals surface area contributed by atoms with E-state index in [0.29, 0.717) is 18.1 Å². The lowest BCUT2D eigenvalue weighted by Gasteiger charge is -2.19. The first-order valence-corrected chi connectivity index (χ1v) is 9.34. The fourth-order valence-electron chi connectivity index (χ4n) is 2.96. The zero-order valence-corrected chi connectivity index (χ0v) is 19.2. The van der Waals surface area contributed by atoms with E-state index in [1.165, 1.54) is 5.56 Å². The average Bonchev–Trinajstić information content (AvgIpc) is 3.14. The van der Waals surface area contributed by atoms with Gasteiger partial charge in [0.05, 0.1) is 12.6 Å². The molecule has 0 radical (unpaired) electrons. The van der Waals surface area contributed by atoms with Crippen molar-refractivity contribution in [3.63, 3.8) is 0 Å². The number of guanidine groups is 1. The summed E-state index contributed by atoms with van der Waals surface area (Å²) < 4.78 is 15.9. The number of nitrogens with one attached hydrogen (secondary N) is 2. The number of imidazole rings is 1. The van der Waals surface area contributed by atoms with Crippen LogP contribution in [-0.2, 0) is 13.1 Å². The van der Waals surface area contributed by atoms with Gasteiger partial charge in [-0.1, -0.05) is 42.5 Å². The summed E-state index contributed by atoms with van der Waals surface area (Å²) in [6.45, 7) is 5.04. The Morgan fingerprint density at radius 3 is 2.66 bits per heavy atom. The molecule has 0 fully saturated rings. The Labute approximate surface area is 188 Å². The summed E-state index contributed by atoms with van der Waals surface area (Å²) in [5, 5.41) is 6.58.